The van der Waals surface area contributed by atoms with Gasteiger partial charge in [0.05, 0.1) is 19.9 Å². The summed E-state index contributed by atoms with van der Waals surface area (Å²) in [5, 5.41) is 2.80. The zero-order valence-corrected chi connectivity index (χ0v) is 19.4. The molecule has 0 radical (unpaired) electrons. The van der Waals surface area contributed by atoms with Gasteiger partial charge in [-0.25, -0.2) is 0 Å². The molecular weight excluding hydrogens is 436 g/mol. The van der Waals surface area contributed by atoms with Gasteiger partial charge < -0.3 is 19.7 Å². The first kappa shape index (κ1) is 22.7. The number of nitrogens with one attached hydrogen (secondary N) is 1. The van der Waals surface area contributed by atoms with Gasteiger partial charge >= 0.3 is 0 Å². The van der Waals surface area contributed by atoms with Crippen molar-refractivity contribution in [3.05, 3.63) is 83.9 Å². The molecule has 0 spiro atoms. The van der Waals surface area contributed by atoms with Crippen LogP contribution in [0, 0.1) is 0 Å². The summed E-state index contributed by atoms with van der Waals surface area (Å²) in [7, 11) is 3.19. The number of carbonyl (C=O) groups excluding carboxylic acids is 2. The number of hydrogen-bond donors (Lipinski definition) is 1. The zero-order valence-electron chi connectivity index (χ0n) is 18.6. The fraction of sp³-hybridized carbons (Fsp3) is 0.231. The number of carbonyl (C=O) groups is 2. The van der Waals surface area contributed by atoms with E-state index in [1.54, 1.807) is 30.9 Å². The monoisotopic (exact) mass is 462 g/mol. The molecule has 170 valence electrons. The largest absolute Gasteiger partial charge is 0.493 e. The van der Waals surface area contributed by atoms with E-state index < -0.39 is 0 Å². The van der Waals surface area contributed by atoms with Gasteiger partial charge in [0, 0.05) is 23.1 Å². The number of nitrogens with zero attached hydrogens (tertiary/aromatic N) is 1. The summed E-state index contributed by atoms with van der Waals surface area (Å²) < 4.78 is 10.8. The van der Waals surface area contributed by atoms with E-state index in [0.29, 0.717) is 18.0 Å². The van der Waals surface area contributed by atoms with Crippen LogP contribution in [0.3, 0.4) is 0 Å². The third kappa shape index (κ3) is 5.31. The maximum absolute atomic E-state index is 13.3. The van der Waals surface area contributed by atoms with Crippen LogP contribution in [0.2, 0.25) is 0 Å². The summed E-state index contributed by atoms with van der Waals surface area (Å²) >= 11 is 1.62. The number of thioether (sulfide) groups is 1. The Kier molecular flexibility index (Phi) is 7.19. The van der Waals surface area contributed by atoms with E-state index in [1.165, 1.54) is 0 Å². The maximum atomic E-state index is 13.3. The Bertz CT molecular complexity index is 1140. The fourth-order valence-corrected chi connectivity index (χ4v) is 5.06. The van der Waals surface area contributed by atoms with Crippen molar-refractivity contribution in [3.63, 3.8) is 0 Å². The predicted octanol–water partition coefficient (Wildman–Crippen LogP) is 4.59. The van der Waals surface area contributed by atoms with Crippen LogP contribution in [0.25, 0.3) is 0 Å². The second kappa shape index (κ2) is 10.4. The lowest BCUT2D eigenvalue weighted by Crippen LogP contribution is -2.40. The molecule has 0 bridgehead atoms. The van der Waals surface area contributed by atoms with E-state index in [1.807, 2.05) is 72.8 Å². The van der Waals surface area contributed by atoms with Crippen LogP contribution in [-0.4, -0.2) is 32.6 Å². The highest BCUT2D eigenvalue weighted by Gasteiger charge is 2.30. The van der Waals surface area contributed by atoms with Crippen molar-refractivity contribution < 1.29 is 19.1 Å². The molecular formula is C26H26N2O4S. The Morgan fingerprint density at radius 3 is 2.48 bits per heavy atom. The number of ether oxygens (including phenoxy) is 2. The van der Waals surface area contributed by atoms with Crippen LogP contribution in [0.5, 0.6) is 11.5 Å². The minimum absolute atomic E-state index is 0.0259. The molecule has 33 heavy (non-hydrogen) atoms. The van der Waals surface area contributed by atoms with Crippen molar-refractivity contribution in [1.29, 1.82) is 0 Å². The molecule has 1 atom stereocenters. The molecule has 7 heteroatoms. The summed E-state index contributed by atoms with van der Waals surface area (Å²) in [6.07, 6.45) is 0.265. The number of hydrogen-bond acceptors (Lipinski definition) is 5. The first-order chi connectivity index (χ1) is 16.1. The molecule has 1 heterocycles. The fourth-order valence-electron chi connectivity index (χ4n) is 3.79. The summed E-state index contributed by atoms with van der Waals surface area (Å²) in [6, 6.07) is 23.1. The Morgan fingerprint density at radius 2 is 1.73 bits per heavy atom. The minimum atomic E-state index is -0.198. The summed E-state index contributed by atoms with van der Waals surface area (Å²) in [5.74, 6) is 0.972. The second-order valence-corrected chi connectivity index (χ2v) is 8.88. The highest BCUT2D eigenvalue weighted by atomic mass is 32.2. The van der Waals surface area contributed by atoms with Crippen molar-refractivity contribution in [3.8, 4) is 11.5 Å². The molecule has 4 rings (SSSR count). The summed E-state index contributed by atoms with van der Waals surface area (Å²) in [6.45, 7) is 0.397. The smallest absolute Gasteiger partial charge is 0.240 e. The lowest BCUT2D eigenvalue weighted by Gasteiger charge is -2.22. The molecule has 1 aliphatic rings. The van der Waals surface area contributed by atoms with Crippen molar-refractivity contribution in [2.45, 2.75) is 23.1 Å². The van der Waals surface area contributed by atoms with E-state index in [9.17, 15) is 9.59 Å². The predicted molar refractivity (Wildman–Crippen MR) is 130 cm³/mol. The number of para-hydroxylation sites is 1. The van der Waals surface area contributed by atoms with Crippen LogP contribution in [0.1, 0.15) is 22.8 Å². The average Bonchev–Trinajstić information content (AvgIpc) is 2.99. The quantitative estimate of drug-likeness (QED) is 0.556. The topological polar surface area (TPSA) is 67.9 Å². The van der Waals surface area contributed by atoms with Gasteiger partial charge in [0.15, 0.2) is 11.5 Å². The maximum Gasteiger partial charge on any atom is 0.240 e. The van der Waals surface area contributed by atoms with Crippen LogP contribution < -0.4 is 19.7 Å². The Balaban J connectivity index is 1.55. The van der Waals surface area contributed by atoms with Crippen LogP contribution in [0.15, 0.2) is 77.7 Å². The third-order valence-corrected chi connectivity index (χ3v) is 6.82. The van der Waals surface area contributed by atoms with E-state index in [0.717, 1.165) is 21.7 Å². The normalized spacial score (nSPS) is 15.4. The Hall–Kier alpha value is -3.45. The van der Waals surface area contributed by atoms with Gasteiger partial charge in [0.1, 0.15) is 6.54 Å². The molecule has 0 aromatic heterocycles. The lowest BCUT2D eigenvalue weighted by molar-refractivity contribution is -0.124. The number of methoxy groups -OCH3 is 2. The van der Waals surface area contributed by atoms with Gasteiger partial charge in [-0.1, -0.05) is 48.5 Å². The zero-order chi connectivity index (χ0) is 23.2. The van der Waals surface area contributed by atoms with Crippen molar-refractivity contribution in [2.75, 3.05) is 25.7 Å². The van der Waals surface area contributed by atoms with Gasteiger partial charge in [-0.05, 0) is 35.4 Å². The van der Waals surface area contributed by atoms with Gasteiger partial charge in [-0.2, -0.15) is 0 Å². The average molecular weight is 463 g/mol. The van der Waals surface area contributed by atoms with Crippen LogP contribution in [-0.2, 0) is 16.1 Å². The third-order valence-electron chi connectivity index (χ3n) is 5.50. The molecule has 6 nitrogen and oxygen atoms in total. The van der Waals surface area contributed by atoms with E-state index in [4.69, 9.17) is 9.47 Å². The molecule has 1 aliphatic heterocycles. The number of benzene rings is 3. The number of fused-ring (bicyclic) bond motifs is 1. The standard InChI is InChI=1S/C26H26N2O4S/c1-31-21-13-12-19(14-22(21)32-2)24-15-26(30)28(20-10-6-7-11-23(20)33-24)17-25(29)27-16-18-8-4-3-5-9-18/h3-14,24H,15-17H2,1-2H3,(H,27,29). The molecule has 3 aromatic carbocycles. The molecule has 0 saturated heterocycles. The molecule has 0 fully saturated rings. The second-order valence-electron chi connectivity index (χ2n) is 7.63. The molecule has 0 aliphatic carbocycles. The van der Waals surface area contributed by atoms with Crippen molar-refractivity contribution in [1.82, 2.24) is 5.32 Å². The highest BCUT2D eigenvalue weighted by Crippen LogP contribution is 2.46. The molecule has 2 amide bonds. The molecule has 0 saturated carbocycles. The Morgan fingerprint density at radius 1 is 1.00 bits per heavy atom. The number of rotatable bonds is 7. The van der Waals surface area contributed by atoms with E-state index in [2.05, 4.69) is 5.32 Å². The number of amides is 2. The SMILES string of the molecule is COc1ccc(C2CC(=O)N(CC(=O)NCc3ccccc3)c3ccccc3S2)cc1OC. The van der Waals surface area contributed by atoms with Gasteiger partial charge in [0.25, 0.3) is 0 Å². The van der Waals surface area contributed by atoms with Crippen molar-refractivity contribution in [2.24, 2.45) is 0 Å². The van der Waals surface area contributed by atoms with E-state index in [-0.39, 0.29) is 30.0 Å². The number of anilines is 1. The first-order valence-electron chi connectivity index (χ1n) is 10.7. The minimum Gasteiger partial charge on any atom is -0.493 e. The van der Waals surface area contributed by atoms with Gasteiger partial charge in [-0.3, -0.25) is 9.59 Å². The van der Waals surface area contributed by atoms with Crippen LogP contribution in [0.4, 0.5) is 5.69 Å². The lowest BCUT2D eigenvalue weighted by atomic mass is 10.1. The van der Waals surface area contributed by atoms with Gasteiger partial charge in [-0.15, -0.1) is 11.8 Å². The molecule has 1 N–H and O–H groups in total. The molecule has 1 unspecified atom stereocenters. The molecule has 3 aromatic rings. The van der Waals surface area contributed by atoms with E-state index >= 15 is 0 Å². The first-order valence-corrected chi connectivity index (χ1v) is 11.6. The van der Waals surface area contributed by atoms with Gasteiger partial charge in [0.2, 0.25) is 11.8 Å². The Labute approximate surface area is 197 Å². The van der Waals surface area contributed by atoms with Crippen molar-refractivity contribution >= 4 is 29.3 Å². The highest BCUT2D eigenvalue weighted by molar-refractivity contribution is 7.99. The van der Waals surface area contributed by atoms with Crippen LogP contribution >= 0.6 is 11.8 Å². The summed E-state index contributed by atoms with van der Waals surface area (Å²) in [4.78, 5) is 28.6. The summed E-state index contributed by atoms with van der Waals surface area (Å²) in [5.41, 5.74) is 2.74.